The average Bonchev–Trinajstić information content (AvgIpc) is 2.72. The van der Waals surface area contributed by atoms with Crippen LogP contribution in [-0.2, 0) is 0 Å². The third kappa shape index (κ3) is 2.10. The van der Waals surface area contributed by atoms with Crippen LogP contribution in [0.1, 0.15) is 6.42 Å². The molecule has 1 N–H and O–H groups in total. The van der Waals surface area contributed by atoms with Crippen LogP contribution in [0.3, 0.4) is 0 Å². The summed E-state index contributed by atoms with van der Waals surface area (Å²) in [4.78, 5) is 6.14. The summed E-state index contributed by atoms with van der Waals surface area (Å²) in [6.45, 7) is 1.05. The quantitative estimate of drug-likeness (QED) is 0.826. The summed E-state index contributed by atoms with van der Waals surface area (Å²) in [5, 5.41) is 8.75. The van der Waals surface area contributed by atoms with Crippen molar-refractivity contribution < 1.29 is 9.52 Å². The zero-order valence-electron chi connectivity index (χ0n) is 8.68. The third-order valence-electron chi connectivity index (χ3n) is 2.41. The molecule has 1 aromatic heterocycles. The number of nitrogens with zero attached hydrogens (tertiary/aromatic N) is 2. The van der Waals surface area contributed by atoms with Crippen LogP contribution in [0, 0.1) is 0 Å². The molecule has 4 nitrogen and oxygen atoms in total. The van der Waals surface area contributed by atoms with Gasteiger partial charge in [-0.2, -0.15) is 0 Å². The molecular weight excluding hydrogens is 192 g/mol. The predicted molar refractivity (Wildman–Crippen MR) is 59.0 cm³/mol. The van der Waals surface area contributed by atoms with Gasteiger partial charge in [-0.1, -0.05) is 0 Å². The molecule has 4 heteroatoms. The first kappa shape index (κ1) is 9.98. The van der Waals surface area contributed by atoms with Gasteiger partial charge >= 0.3 is 0 Å². The van der Waals surface area contributed by atoms with E-state index in [1.165, 1.54) is 6.39 Å². The van der Waals surface area contributed by atoms with Crippen molar-refractivity contribution in [1.29, 1.82) is 0 Å². The van der Waals surface area contributed by atoms with Crippen LogP contribution in [0.5, 0.6) is 0 Å². The Kier molecular flexibility index (Phi) is 2.87. The maximum atomic E-state index is 8.75. The number of benzene rings is 1. The Hall–Kier alpha value is -1.55. The highest BCUT2D eigenvalue weighted by Gasteiger charge is 2.03. The van der Waals surface area contributed by atoms with E-state index in [1.54, 1.807) is 0 Å². The number of oxazole rings is 1. The fourth-order valence-corrected chi connectivity index (χ4v) is 1.52. The molecule has 0 radical (unpaired) electrons. The number of fused-ring (bicyclic) bond motifs is 1. The van der Waals surface area contributed by atoms with Crippen LogP contribution in [0.15, 0.2) is 29.0 Å². The molecule has 2 aromatic rings. The minimum absolute atomic E-state index is 0.217. The second-order valence-corrected chi connectivity index (χ2v) is 3.50. The molecular formula is C11H14N2O2. The van der Waals surface area contributed by atoms with E-state index in [0.29, 0.717) is 0 Å². The minimum atomic E-state index is 0.217. The van der Waals surface area contributed by atoms with Gasteiger partial charge in [0.05, 0.1) is 0 Å². The summed E-state index contributed by atoms with van der Waals surface area (Å²) < 4.78 is 5.23. The Morgan fingerprint density at radius 3 is 3.13 bits per heavy atom. The second-order valence-electron chi connectivity index (χ2n) is 3.50. The number of hydrogen-bond donors (Lipinski definition) is 1. The van der Waals surface area contributed by atoms with Gasteiger partial charge in [-0.05, 0) is 18.6 Å². The molecule has 1 heterocycles. The summed E-state index contributed by atoms with van der Waals surface area (Å²) >= 11 is 0. The molecule has 2 rings (SSSR count). The molecule has 0 aliphatic carbocycles. The lowest BCUT2D eigenvalue weighted by atomic mass is 10.2. The van der Waals surface area contributed by atoms with Crippen LogP contribution in [0.2, 0.25) is 0 Å². The van der Waals surface area contributed by atoms with E-state index >= 15 is 0 Å². The molecule has 0 saturated carbocycles. The van der Waals surface area contributed by atoms with E-state index in [4.69, 9.17) is 9.52 Å². The maximum Gasteiger partial charge on any atom is 0.181 e. The molecule has 80 valence electrons. The smallest absolute Gasteiger partial charge is 0.181 e. The lowest BCUT2D eigenvalue weighted by molar-refractivity contribution is 0.290. The lowest BCUT2D eigenvalue weighted by Gasteiger charge is -2.18. The lowest BCUT2D eigenvalue weighted by Crippen LogP contribution is -2.19. The van der Waals surface area contributed by atoms with Crippen molar-refractivity contribution in [2.24, 2.45) is 0 Å². The number of aliphatic hydroxyl groups is 1. The first-order chi connectivity index (χ1) is 7.31. The molecule has 1 aromatic carbocycles. The predicted octanol–water partition coefficient (Wildman–Crippen LogP) is 1.65. The van der Waals surface area contributed by atoms with E-state index in [2.05, 4.69) is 9.88 Å². The average molecular weight is 206 g/mol. The summed E-state index contributed by atoms with van der Waals surface area (Å²) in [7, 11) is 1.99. The van der Waals surface area contributed by atoms with Crippen LogP contribution >= 0.6 is 0 Å². The largest absolute Gasteiger partial charge is 0.443 e. The molecule has 15 heavy (non-hydrogen) atoms. The highest BCUT2D eigenvalue weighted by molar-refractivity contribution is 5.76. The van der Waals surface area contributed by atoms with E-state index in [0.717, 1.165) is 29.8 Å². The Balaban J connectivity index is 2.19. The number of aromatic nitrogens is 1. The molecule has 0 fully saturated rings. The van der Waals surface area contributed by atoms with E-state index < -0.39 is 0 Å². The Bertz CT molecular complexity index is 439. The highest BCUT2D eigenvalue weighted by atomic mass is 16.3. The fourth-order valence-electron chi connectivity index (χ4n) is 1.52. The zero-order valence-corrected chi connectivity index (χ0v) is 8.68. The van der Waals surface area contributed by atoms with Gasteiger partial charge < -0.3 is 14.4 Å². The van der Waals surface area contributed by atoms with E-state index in [9.17, 15) is 0 Å². The Morgan fingerprint density at radius 1 is 1.47 bits per heavy atom. The standard InChI is InChI=1S/C11H14N2O2/c1-13(5-2-6-14)9-3-4-10-11(7-9)15-8-12-10/h3-4,7-8,14H,2,5-6H2,1H3. The van der Waals surface area contributed by atoms with Crippen molar-refractivity contribution in [3.05, 3.63) is 24.6 Å². The van der Waals surface area contributed by atoms with Crippen LogP contribution in [-0.4, -0.2) is 30.3 Å². The van der Waals surface area contributed by atoms with Crippen LogP contribution < -0.4 is 4.90 Å². The van der Waals surface area contributed by atoms with Gasteiger partial charge in [0, 0.05) is 32.0 Å². The SMILES string of the molecule is CN(CCCO)c1ccc2ncoc2c1. The number of hydrogen-bond acceptors (Lipinski definition) is 4. The monoisotopic (exact) mass is 206 g/mol. The molecule has 0 atom stereocenters. The van der Waals surface area contributed by atoms with Crippen molar-refractivity contribution in [2.45, 2.75) is 6.42 Å². The second kappa shape index (κ2) is 4.31. The van der Waals surface area contributed by atoms with Crippen LogP contribution in [0.4, 0.5) is 5.69 Å². The van der Waals surface area contributed by atoms with Crippen molar-refractivity contribution in [3.8, 4) is 0 Å². The van der Waals surface area contributed by atoms with Crippen molar-refractivity contribution in [1.82, 2.24) is 4.98 Å². The van der Waals surface area contributed by atoms with E-state index in [-0.39, 0.29) is 6.61 Å². The summed E-state index contributed by atoms with van der Waals surface area (Å²) in [6, 6.07) is 5.89. The first-order valence-electron chi connectivity index (χ1n) is 4.96. The van der Waals surface area contributed by atoms with Gasteiger partial charge in [-0.25, -0.2) is 4.98 Å². The molecule has 0 spiro atoms. The topological polar surface area (TPSA) is 49.5 Å². The number of aliphatic hydroxyl groups excluding tert-OH is 1. The molecule has 0 unspecified atom stereocenters. The molecule has 0 saturated heterocycles. The van der Waals surface area contributed by atoms with E-state index in [1.807, 2.05) is 25.2 Å². The van der Waals surface area contributed by atoms with Crippen molar-refractivity contribution in [2.75, 3.05) is 25.1 Å². The van der Waals surface area contributed by atoms with Gasteiger partial charge in [0.25, 0.3) is 0 Å². The Labute approximate surface area is 88.1 Å². The maximum absolute atomic E-state index is 8.75. The normalized spacial score (nSPS) is 10.8. The summed E-state index contributed by atoms with van der Waals surface area (Å²) in [5.74, 6) is 0. The molecule has 0 bridgehead atoms. The first-order valence-corrected chi connectivity index (χ1v) is 4.96. The third-order valence-corrected chi connectivity index (χ3v) is 2.41. The van der Waals surface area contributed by atoms with Crippen molar-refractivity contribution in [3.63, 3.8) is 0 Å². The van der Waals surface area contributed by atoms with Gasteiger partial charge in [0.15, 0.2) is 12.0 Å². The van der Waals surface area contributed by atoms with Gasteiger partial charge in [-0.3, -0.25) is 0 Å². The Morgan fingerprint density at radius 2 is 2.33 bits per heavy atom. The highest BCUT2D eigenvalue weighted by Crippen LogP contribution is 2.20. The van der Waals surface area contributed by atoms with Crippen LogP contribution in [0.25, 0.3) is 11.1 Å². The molecule has 0 amide bonds. The zero-order chi connectivity index (χ0) is 10.7. The molecule has 0 aliphatic heterocycles. The number of rotatable bonds is 4. The number of anilines is 1. The van der Waals surface area contributed by atoms with Gasteiger partial charge in [-0.15, -0.1) is 0 Å². The van der Waals surface area contributed by atoms with Crippen molar-refractivity contribution >= 4 is 16.8 Å². The fraction of sp³-hybridized carbons (Fsp3) is 0.364. The van der Waals surface area contributed by atoms with Gasteiger partial charge in [0.1, 0.15) is 5.52 Å². The molecule has 0 aliphatic rings. The minimum Gasteiger partial charge on any atom is -0.443 e. The van der Waals surface area contributed by atoms with Gasteiger partial charge in [0.2, 0.25) is 0 Å². The summed E-state index contributed by atoms with van der Waals surface area (Å²) in [6.07, 6.45) is 2.22. The summed E-state index contributed by atoms with van der Waals surface area (Å²) in [5.41, 5.74) is 2.74.